The van der Waals surface area contributed by atoms with Gasteiger partial charge in [0, 0.05) is 6.54 Å². The van der Waals surface area contributed by atoms with Crippen LogP contribution in [0.5, 0.6) is 0 Å². The third-order valence-corrected chi connectivity index (χ3v) is 2.33. The lowest BCUT2D eigenvalue weighted by molar-refractivity contribution is 0.173. The van der Waals surface area contributed by atoms with Crippen LogP contribution < -0.4 is 16.0 Å². The Kier molecular flexibility index (Phi) is 1.97. The minimum atomic E-state index is -0.188. The molecule has 2 heterocycles. The van der Waals surface area contributed by atoms with E-state index in [1.54, 1.807) is 0 Å². The highest BCUT2D eigenvalue weighted by Crippen LogP contribution is 2.12. The lowest BCUT2D eigenvalue weighted by Gasteiger charge is -2.19. The largest absolute Gasteiger partial charge is 0.395 e. The molecule has 6 nitrogen and oxygen atoms in total. The summed E-state index contributed by atoms with van der Waals surface area (Å²) in [6, 6.07) is -0.188. The minimum Gasteiger partial charge on any atom is -0.395 e. The number of nitrogens with one attached hydrogen (secondary N) is 3. The maximum Gasteiger partial charge on any atom is 0.320 e. The molecule has 2 aliphatic rings. The molecule has 0 saturated carbocycles. The van der Waals surface area contributed by atoms with Gasteiger partial charge >= 0.3 is 6.03 Å². The molecule has 2 atom stereocenters. The highest BCUT2D eigenvalue weighted by Gasteiger charge is 2.43. The van der Waals surface area contributed by atoms with Gasteiger partial charge < -0.3 is 21.1 Å². The van der Waals surface area contributed by atoms with Gasteiger partial charge in [0.25, 0.3) is 0 Å². The van der Waals surface area contributed by atoms with E-state index >= 15 is 0 Å². The Labute approximate surface area is 80.3 Å². The van der Waals surface area contributed by atoms with Gasteiger partial charge in [0.05, 0.1) is 6.61 Å². The number of β-amino-alcohol motifs (C(OH)–C–C–N with tert-alkyl or cyclic N) is 1. The third kappa shape index (κ3) is 1.29. The Balaban J connectivity index is 2.10. The van der Waals surface area contributed by atoms with Gasteiger partial charge in [-0.05, 0) is 12.2 Å². The van der Waals surface area contributed by atoms with E-state index in [9.17, 15) is 4.79 Å². The van der Waals surface area contributed by atoms with Gasteiger partial charge in [0.2, 0.25) is 0 Å². The molecule has 7 heteroatoms. The fraction of sp³-hybridized carbons (Fsp3) is 0.667. The number of nitrogens with zero attached hydrogens (tertiary/aromatic N) is 1. The molecule has 2 rings (SSSR count). The molecule has 0 spiro atoms. The average molecular weight is 202 g/mol. The molecule has 0 aliphatic carbocycles. The second-order valence-electron chi connectivity index (χ2n) is 2.91. The molecule has 0 radical (unpaired) electrons. The lowest BCUT2D eigenvalue weighted by atomic mass is 10.4. The Morgan fingerprint density at radius 3 is 2.92 bits per heavy atom. The maximum absolute atomic E-state index is 11.3. The highest BCUT2D eigenvalue weighted by atomic mass is 32.1. The van der Waals surface area contributed by atoms with Crippen molar-refractivity contribution in [3.63, 3.8) is 0 Å². The van der Waals surface area contributed by atoms with Gasteiger partial charge in [-0.1, -0.05) is 0 Å². The number of aliphatic hydroxyl groups is 1. The van der Waals surface area contributed by atoms with Crippen molar-refractivity contribution >= 4 is 23.4 Å². The van der Waals surface area contributed by atoms with E-state index in [-0.39, 0.29) is 25.0 Å². The monoisotopic (exact) mass is 202 g/mol. The molecular formula is C6H10N4O2S. The van der Waals surface area contributed by atoms with E-state index in [2.05, 4.69) is 16.0 Å². The average Bonchev–Trinajstić information content (AvgIpc) is 2.52. The first kappa shape index (κ1) is 8.52. The van der Waals surface area contributed by atoms with Crippen molar-refractivity contribution in [1.29, 1.82) is 0 Å². The molecule has 2 saturated heterocycles. The van der Waals surface area contributed by atoms with Crippen LogP contribution in [0, 0.1) is 0 Å². The Hall–Kier alpha value is -1.08. The summed E-state index contributed by atoms with van der Waals surface area (Å²) in [5.41, 5.74) is 0. The third-order valence-electron chi connectivity index (χ3n) is 2.10. The van der Waals surface area contributed by atoms with Gasteiger partial charge in [0.15, 0.2) is 5.11 Å². The van der Waals surface area contributed by atoms with Crippen LogP contribution in [-0.4, -0.2) is 46.6 Å². The number of thiocarbonyl (C=S) groups is 1. The van der Waals surface area contributed by atoms with E-state index in [1.165, 1.54) is 4.90 Å². The molecule has 0 unspecified atom stereocenters. The number of carbonyl (C=O) groups excluding carboxylic acids is 1. The number of hydrogen-bond acceptors (Lipinski definition) is 3. The Morgan fingerprint density at radius 1 is 1.46 bits per heavy atom. The van der Waals surface area contributed by atoms with Crippen LogP contribution in [0.3, 0.4) is 0 Å². The SMILES string of the molecule is O=C1N[C@@H]2NC(=S)N[C@H]2N1CCO. The summed E-state index contributed by atoms with van der Waals surface area (Å²) in [7, 11) is 0. The van der Waals surface area contributed by atoms with Crippen LogP contribution >= 0.6 is 12.2 Å². The van der Waals surface area contributed by atoms with Crippen LogP contribution in [0.2, 0.25) is 0 Å². The van der Waals surface area contributed by atoms with Crippen molar-refractivity contribution in [2.24, 2.45) is 0 Å². The zero-order valence-electron chi connectivity index (χ0n) is 6.78. The van der Waals surface area contributed by atoms with Crippen LogP contribution in [-0.2, 0) is 0 Å². The summed E-state index contributed by atoms with van der Waals surface area (Å²) >= 11 is 4.89. The quantitative estimate of drug-likeness (QED) is 0.395. The predicted octanol–water partition coefficient (Wildman–Crippen LogP) is -1.87. The fourth-order valence-electron chi connectivity index (χ4n) is 1.54. The normalized spacial score (nSPS) is 31.0. The minimum absolute atomic E-state index is 0.0505. The molecule has 0 aromatic rings. The van der Waals surface area contributed by atoms with E-state index in [0.717, 1.165) is 0 Å². The van der Waals surface area contributed by atoms with Crippen molar-refractivity contribution in [2.75, 3.05) is 13.2 Å². The Bertz CT molecular complexity index is 259. The molecule has 2 fully saturated rings. The second kappa shape index (κ2) is 3.00. The highest BCUT2D eigenvalue weighted by molar-refractivity contribution is 7.80. The topological polar surface area (TPSA) is 76.6 Å². The molecule has 2 aliphatic heterocycles. The summed E-state index contributed by atoms with van der Waals surface area (Å²) in [4.78, 5) is 12.8. The van der Waals surface area contributed by atoms with Crippen LogP contribution in [0.4, 0.5) is 4.79 Å². The number of urea groups is 1. The van der Waals surface area contributed by atoms with Crippen molar-refractivity contribution in [3.8, 4) is 0 Å². The van der Waals surface area contributed by atoms with Crippen LogP contribution in [0.25, 0.3) is 0 Å². The molecule has 0 aromatic heterocycles. The smallest absolute Gasteiger partial charge is 0.320 e. The molecule has 0 aromatic carbocycles. The summed E-state index contributed by atoms with van der Waals surface area (Å²) in [5, 5.41) is 17.8. The van der Waals surface area contributed by atoms with E-state index in [0.29, 0.717) is 11.7 Å². The molecular weight excluding hydrogens is 192 g/mol. The fourth-order valence-corrected chi connectivity index (χ4v) is 1.79. The van der Waals surface area contributed by atoms with Gasteiger partial charge in [-0.3, -0.25) is 4.90 Å². The van der Waals surface area contributed by atoms with Crippen molar-refractivity contribution in [3.05, 3.63) is 0 Å². The number of hydrogen-bond donors (Lipinski definition) is 4. The summed E-state index contributed by atoms with van der Waals surface area (Å²) < 4.78 is 0. The van der Waals surface area contributed by atoms with Crippen molar-refractivity contribution < 1.29 is 9.90 Å². The zero-order valence-corrected chi connectivity index (χ0v) is 7.60. The van der Waals surface area contributed by atoms with Crippen molar-refractivity contribution in [2.45, 2.75) is 12.3 Å². The summed E-state index contributed by atoms with van der Waals surface area (Å²) in [5.74, 6) is 0. The number of fused-ring (bicyclic) bond motifs is 1. The van der Waals surface area contributed by atoms with Gasteiger partial charge in [-0.25, -0.2) is 4.79 Å². The van der Waals surface area contributed by atoms with E-state index in [1.807, 2.05) is 0 Å². The molecule has 4 N–H and O–H groups in total. The Morgan fingerprint density at radius 2 is 2.23 bits per heavy atom. The van der Waals surface area contributed by atoms with Crippen LogP contribution in [0.1, 0.15) is 0 Å². The molecule has 0 bridgehead atoms. The number of aliphatic hydroxyl groups excluding tert-OH is 1. The van der Waals surface area contributed by atoms with Crippen LogP contribution in [0.15, 0.2) is 0 Å². The predicted molar refractivity (Wildman–Crippen MR) is 48.8 cm³/mol. The summed E-state index contributed by atoms with van der Waals surface area (Å²) in [6.45, 7) is 0.259. The van der Waals surface area contributed by atoms with E-state index in [4.69, 9.17) is 17.3 Å². The molecule has 13 heavy (non-hydrogen) atoms. The first-order valence-electron chi connectivity index (χ1n) is 3.97. The van der Waals surface area contributed by atoms with E-state index < -0.39 is 0 Å². The zero-order chi connectivity index (χ0) is 9.42. The molecule has 72 valence electrons. The van der Waals surface area contributed by atoms with Gasteiger partial charge in [-0.15, -0.1) is 0 Å². The first-order valence-corrected chi connectivity index (χ1v) is 4.38. The van der Waals surface area contributed by atoms with Crippen molar-refractivity contribution in [1.82, 2.24) is 20.9 Å². The standard InChI is InChI=1S/C6H10N4O2S/c11-2-1-10-4-3(8-6(10)12)7-5(13)9-4/h3-4,11H,1-2H2,(H,8,12)(H2,7,9,13)/t3-,4-/m0/s1. The second-order valence-corrected chi connectivity index (χ2v) is 3.32. The number of rotatable bonds is 2. The first-order chi connectivity index (χ1) is 6.22. The molecule has 2 amide bonds. The number of carbonyl (C=O) groups is 1. The summed E-state index contributed by atoms with van der Waals surface area (Å²) in [6.07, 6.45) is -0.348. The van der Waals surface area contributed by atoms with Gasteiger partial charge in [-0.2, -0.15) is 0 Å². The number of amides is 2. The lowest BCUT2D eigenvalue weighted by Crippen LogP contribution is -2.44. The van der Waals surface area contributed by atoms with Gasteiger partial charge in [0.1, 0.15) is 12.3 Å². The maximum atomic E-state index is 11.3.